The normalized spacial score (nSPS) is 23.7. The molecule has 3 N–H and O–H groups in total. The average Bonchev–Trinajstić information content (AvgIpc) is 3.54. The summed E-state index contributed by atoms with van der Waals surface area (Å²) in [6.45, 7) is 4.95. The molecule has 3 aromatic rings. The molecule has 1 aromatic carbocycles. The van der Waals surface area contributed by atoms with Gasteiger partial charge in [0, 0.05) is 69.0 Å². The number of piperidine rings is 1. The lowest BCUT2D eigenvalue weighted by Gasteiger charge is -2.35. The quantitative estimate of drug-likeness (QED) is 0.391. The van der Waals surface area contributed by atoms with E-state index in [4.69, 9.17) is 27.4 Å². The highest BCUT2D eigenvalue weighted by molar-refractivity contribution is 7.92. The molecule has 4 saturated heterocycles. The van der Waals surface area contributed by atoms with Crippen LogP contribution < -0.4 is 20.3 Å². The Morgan fingerprint density at radius 3 is 2.44 bits per heavy atom. The van der Waals surface area contributed by atoms with Crippen molar-refractivity contribution in [1.29, 1.82) is 0 Å². The van der Waals surface area contributed by atoms with Gasteiger partial charge in [-0.05, 0) is 50.3 Å². The highest BCUT2D eigenvalue weighted by Gasteiger charge is 2.40. The Bertz CT molecular complexity index is 1760. The first kappa shape index (κ1) is 30.1. The van der Waals surface area contributed by atoms with Gasteiger partial charge in [0.05, 0.1) is 35.2 Å². The smallest absolute Gasteiger partial charge is 0.256 e. The van der Waals surface area contributed by atoms with Crippen molar-refractivity contribution >= 4 is 56.4 Å². The monoisotopic (exact) mass is 655 g/mol. The largest absolute Gasteiger partial charge is 0.356 e. The van der Waals surface area contributed by atoms with Crippen LogP contribution in [0.5, 0.6) is 0 Å². The topological polar surface area (TPSA) is 149 Å². The van der Waals surface area contributed by atoms with Crippen molar-refractivity contribution in [3.05, 3.63) is 46.6 Å². The molecule has 2 amide bonds. The van der Waals surface area contributed by atoms with Gasteiger partial charge >= 0.3 is 0 Å². The average molecular weight is 656 g/mol. The third-order valence-electron chi connectivity index (χ3n) is 9.38. The van der Waals surface area contributed by atoms with Gasteiger partial charge < -0.3 is 25.3 Å². The number of likely N-dealkylation sites (tertiary alicyclic amines) is 2. The van der Waals surface area contributed by atoms with Crippen LogP contribution in [0, 0.1) is 5.92 Å². The van der Waals surface area contributed by atoms with E-state index in [-0.39, 0.29) is 41.1 Å². The maximum absolute atomic E-state index is 14.1. The van der Waals surface area contributed by atoms with Crippen LogP contribution in [0.3, 0.4) is 0 Å². The van der Waals surface area contributed by atoms with Gasteiger partial charge in [-0.15, -0.1) is 0 Å². The minimum atomic E-state index is -3.63. The summed E-state index contributed by atoms with van der Waals surface area (Å²) in [5, 5.41) is 5.37. The Hall–Kier alpha value is -3.62. The highest BCUT2D eigenvalue weighted by atomic mass is 35.5. The third-order valence-corrected chi connectivity index (χ3v) is 10.2. The molecule has 15 heteroatoms. The van der Waals surface area contributed by atoms with Gasteiger partial charge in [0.2, 0.25) is 15.9 Å². The number of carbonyl (C=O) groups excluding carboxylic acids is 2. The summed E-state index contributed by atoms with van der Waals surface area (Å²) in [5.74, 6) is 1.19. The van der Waals surface area contributed by atoms with E-state index in [1.165, 1.54) is 12.1 Å². The number of hydrogen-bond acceptors (Lipinski definition) is 9. The van der Waals surface area contributed by atoms with E-state index in [1.54, 1.807) is 11.0 Å². The standard InChI is InChI=1S/C30H38ClN9O4S/c1-45(43,44)35-23-8-7-19(31)14-20(23)30(42)39-13-3-2-6-25(39)24-15-27-33-26(36-9-4-10-36)16-28(40(27)34-24)38-17-21(22(32)18-38)29(41)37-11-5-12-37/h7-8,14-16,21-22,25,35H,2-6,9-13,17-18,32H2,1H3. The molecular weight excluding hydrogens is 618 g/mol. The Morgan fingerprint density at radius 1 is 0.978 bits per heavy atom. The maximum atomic E-state index is 14.1. The number of nitrogens with one attached hydrogen (secondary N) is 1. The summed E-state index contributed by atoms with van der Waals surface area (Å²) < 4.78 is 28.4. The first-order valence-electron chi connectivity index (χ1n) is 15.6. The minimum absolute atomic E-state index is 0.118. The van der Waals surface area contributed by atoms with Gasteiger partial charge in [-0.3, -0.25) is 14.3 Å². The van der Waals surface area contributed by atoms with Crippen molar-refractivity contribution in [2.24, 2.45) is 11.7 Å². The second kappa shape index (κ2) is 11.6. The number of sulfonamides is 1. The van der Waals surface area contributed by atoms with E-state index in [0.717, 1.165) is 69.8 Å². The number of hydrogen-bond donors (Lipinski definition) is 2. The molecule has 7 rings (SSSR count). The molecule has 4 aliphatic heterocycles. The van der Waals surface area contributed by atoms with Gasteiger partial charge in [-0.1, -0.05) is 11.6 Å². The Kier molecular flexibility index (Phi) is 7.77. The summed E-state index contributed by atoms with van der Waals surface area (Å²) in [5.41, 5.74) is 8.29. The number of halogens is 1. The molecular formula is C30H38ClN9O4S. The number of benzene rings is 1. The first-order valence-corrected chi connectivity index (χ1v) is 17.9. The van der Waals surface area contributed by atoms with Crippen LogP contribution in [0.15, 0.2) is 30.3 Å². The molecule has 3 unspecified atom stereocenters. The molecule has 0 bridgehead atoms. The van der Waals surface area contributed by atoms with Crippen LogP contribution in [-0.4, -0.2) is 103 Å². The van der Waals surface area contributed by atoms with Gasteiger partial charge in [0.15, 0.2) is 5.65 Å². The van der Waals surface area contributed by atoms with Crippen molar-refractivity contribution in [3.8, 4) is 0 Å². The molecule has 4 aliphatic rings. The lowest BCUT2D eigenvalue weighted by Crippen LogP contribution is -2.49. The predicted molar refractivity (Wildman–Crippen MR) is 172 cm³/mol. The van der Waals surface area contributed by atoms with E-state index in [0.29, 0.717) is 42.4 Å². The second-order valence-electron chi connectivity index (χ2n) is 12.6. The van der Waals surface area contributed by atoms with Crippen LogP contribution in [0.2, 0.25) is 5.02 Å². The lowest BCUT2D eigenvalue weighted by molar-refractivity contribution is -0.138. The van der Waals surface area contributed by atoms with E-state index < -0.39 is 10.0 Å². The van der Waals surface area contributed by atoms with Gasteiger partial charge in [0.25, 0.3) is 5.91 Å². The van der Waals surface area contributed by atoms with Crippen molar-refractivity contribution in [3.63, 3.8) is 0 Å². The van der Waals surface area contributed by atoms with E-state index in [1.807, 2.05) is 21.5 Å². The molecule has 3 atom stereocenters. The zero-order chi connectivity index (χ0) is 31.5. The van der Waals surface area contributed by atoms with Gasteiger partial charge in [-0.25, -0.2) is 13.4 Å². The van der Waals surface area contributed by atoms with Crippen LogP contribution in [0.25, 0.3) is 5.65 Å². The second-order valence-corrected chi connectivity index (χ2v) is 14.8. The Labute approximate surface area is 267 Å². The molecule has 0 aliphatic carbocycles. The SMILES string of the molecule is CS(=O)(=O)Nc1ccc(Cl)cc1C(=O)N1CCCCC1c1cc2nc(N3CCC3)cc(N3CC(N)C(C(=O)N4CCC4)C3)n2n1. The van der Waals surface area contributed by atoms with Gasteiger partial charge in [0.1, 0.15) is 11.6 Å². The molecule has 4 fully saturated rings. The fraction of sp³-hybridized carbons (Fsp3) is 0.533. The van der Waals surface area contributed by atoms with Crippen molar-refractivity contribution in [2.75, 3.05) is 66.6 Å². The third kappa shape index (κ3) is 5.79. The summed E-state index contributed by atoms with van der Waals surface area (Å²) in [7, 11) is -3.63. The fourth-order valence-corrected chi connectivity index (χ4v) is 7.48. The first-order chi connectivity index (χ1) is 21.6. The van der Waals surface area contributed by atoms with E-state index >= 15 is 0 Å². The predicted octanol–water partition coefficient (Wildman–Crippen LogP) is 2.33. The van der Waals surface area contributed by atoms with Crippen molar-refractivity contribution in [1.82, 2.24) is 24.4 Å². The highest BCUT2D eigenvalue weighted by Crippen LogP contribution is 2.36. The van der Waals surface area contributed by atoms with Crippen LogP contribution in [-0.2, 0) is 14.8 Å². The number of carbonyl (C=O) groups is 2. The number of nitrogens with zero attached hydrogens (tertiary/aromatic N) is 7. The zero-order valence-corrected chi connectivity index (χ0v) is 26.8. The summed E-state index contributed by atoms with van der Waals surface area (Å²) >= 11 is 6.27. The molecule has 13 nitrogen and oxygen atoms in total. The fourth-order valence-electron chi connectivity index (χ4n) is 6.73. The van der Waals surface area contributed by atoms with Crippen LogP contribution >= 0.6 is 11.6 Å². The summed E-state index contributed by atoms with van der Waals surface area (Å²) in [6, 6.07) is 7.90. The lowest BCUT2D eigenvalue weighted by atomic mass is 9.98. The molecule has 2 aromatic heterocycles. The molecule has 0 radical (unpaired) electrons. The molecule has 45 heavy (non-hydrogen) atoms. The summed E-state index contributed by atoms with van der Waals surface area (Å²) in [6.07, 6.45) is 5.60. The number of nitrogens with two attached hydrogens (primary N) is 1. The molecule has 240 valence electrons. The van der Waals surface area contributed by atoms with E-state index in [2.05, 4.69) is 14.5 Å². The van der Waals surface area contributed by atoms with Gasteiger partial charge in [-0.2, -0.15) is 9.61 Å². The Morgan fingerprint density at radius 2 is 1.76 bits per heavy atom. The maximum Gasteiger partial charge on any atom is 0.256 e. The number of rotatable bonds is 7. The zero-order valence-electron chi connectivity index (χ0n) is 25.2. The van der Waals surface area contributed by atoms with Crippen molar-refractivity contribution < 1.29 is 18.0 Å². The molecule has 6 heterocycles. The summed E-state index contributed by atoms with van der Waals surface area (Å²) in [4.78, 5) is 40.2. The number of amides is 2. The number of fused-ring (bicyclic) bond motifs is 1. The van der Waals surface area contributed by atoms with E-state index in [9.17, 15) is 18.0 Å². The molecule has 0 spiro atoms. The van der Waals surface area contributed by atoms with Crippen LogP contribution in [0.4, 0.5) is 17.3 Å². The number of anilines is 3. The molecule has 0 saturated carbocycles. The number of aromatic nitrogens is 3. The van der Waals surface area contributed by atoms with Crippen LogP contribution in [0.1, 0.15) is 54.2 Å². The minimum Gasteiger partial charge on any atom is -0.356 e. The Balaban J connectivity index is 1.24. The van der Waals surface area contributed by atoms with Crippen molar-refractivity contribution in [2.45, 2.75) is 44.2 Å².